The topological polar surface area (TPSA) is 33.1 Å². The molecule has 0 aliphatic heterocycles. The monoisotopic (exact) mass is 273 g/mol. The van der Waals surface area contributed by atoms with Crippen molar-refractivity contribution < 1.29 is 9.50 Å². The highest BCUT2D eigenvalue weighted by atomic mass is 79.9. The van der Waals surface area contributed by atoms with Crippen LogP contribution in [0.15, 0.2) is 16.7 Å². The number of rotatable bonds is 2. The van der Waals surface area contributed by atoms with Crippen molar-refractivity contribution in [1.82, 2.24) is 4.98 Å². The van der Waals surface area contributed by atoms with Crippen LogP contribution in [0.2, 0.25) is 0 Å². The Labute approximate surface area is 96.7 Å². The SMILES string of the molecule is OC(c1ccc(Br)nc1F)C1CCCC1. The highest BCUT2D eigenvalue weighted by Crippen LogP contribution is 2.36. The Morgan fingerprint density at radius 2 is 2.07 bits per heavy atom. The summed E-state index contributed by atoms with van der Waals surface area (Å²) in [6.45, 7) is 0. The maximum atomic E-state index is 13.5. The second-order valence-electron chi connectivity index (χ2n) is 4.00. The first kappa shape index (κ1) is 11.0. The van der Waals surface area contributed by atoms with Gasteiger partial charge in [0.05, 0.1) is 6.10 Å². The lowest BCUT2D eigenvalue weighted by atomic mass is 9.95. The van der Waals surface area contributed by atoms with E-state index >= 15 is 0 Å². The second kappa shape index (κ2) is 4.58. The minimum atomic E-state index is -0.701. The Hall–Kier alpha value is -0.480. The average Bonchev–Trinajstić information content (AvgIpc) is 2.69. The van der Waals surface area contributed by atoms with Crippen LogP contribution in [-0.2, 0) is 0 Å². The van der Waals surface area contributed by atoms with Gasteiger partial charge in [0.25, 0.3) is 0 Å². The van der Waals surface area contributed by atoms with E-state index in [1.807, 2.05) is 0 Å². The Bertz CT molecular complexity index is 352. The van der Waals surface area contributed by atoms with Gasteiger partial charge in [0.15, 0.2) is 0 Å². The largest absolute Gasteiger partial charge is 0.388 e. The van der Waals surface area contributed by atoms with Crippen molar-refractivity contribution in [1.29, 1.82) is 0 Å². The smallest absolute Gasteiger partial charge is 0.219 e. The summed E-state index contributed by atoms with van der Waals surface area (Å²) in [5, 5.41) is 10.00. The minimum absolute atomic E-state index is 0.197. The van der Waals surface area contributed by atoms with Crippen molar-refractivity contribution in [3.8, 4) is 0 Å². The van der Waals surface area contributed by atoms with E-state index in [0.29, 0.717) is 10.2 Å². The Morgan fingerprint density at radius 1 is 1.40 bits per heavy atom. The number of hydrogen-bond donors (Lipinski definition) is 1. The van der Waals surface area contributed by atoms with Crippen molar-refractivity contribution in [2.75, 3.05) is 0 Å². The lowest BCUT2D eigenvalue weighted by Crippen LogP contribution is -2.11. The van der Waals surface area contributed by atoms with Gasteiger partial charge in [-0.25, -0.2) is 4.98 Å². The molecule has 1 N–H and O–H groups in total. The van der Waals surface area contributed by atoms with E-state index in [1.54, 1.807) is 12.1 Å². The van der Waals surface area contributed by atoms with Crippen molar-refractivity contribution in [3.05, 3.63) is 28.2 Å². The highest BCUT2D eigenvalue weighted by Gasteiger charge is 2.26. The molecule has 1 aliphatic carbocycles. The first-order valence-corrected chi connectivity index (χ1v) is 5.98. The quantitative estimate of drug-likeness (QED) is 0.840. The first-order chi connectivity index (χ1) is 7.18. The van der Waals surface area contributed by atoms with Crippen LogP contribution in [0, 0.1) is 11.9 Å². The van der Waals surface area contributed by atoms with Gasteiger partial charge in [-0.2, -0.15) is 4.39 Å². The first-order valence-electron chi connectivity index (χ1n) is 5.18. The van der Waals surface area contributed by atoms with Crippen LogP contribution in [0.25, 0.3) is 0 Å². The van der Waals surface area contributed by atoms with Gasteiger partial charge in [-0.05, 0) is 46.8 Å². The molecule has 2 rings (SSSR count). The summed E-state index contributed by atoms with van der Waals surface area (Å²) < 4.78 is 13.9. The van der Waals surface area contributed by atoms with E-state index in [2.05, 4.69) is 20.9 Å². The molecule has 0 saturated heterocycles. The predicted octanol–water partition coefficient (Wildman–Crippen LogP) is 3.21. The van der Waals surface area contributed by atoms with E-state index in [4.69, 9.17) is 0 Å². The highest BCUT2D eigenvalue weighted by molar-refractivity contribution is 9.10. The summed E-state index contributed by atoms with van der Waals surface area (Å²) in [5.41, 5.74) is 0.324. The van der Waals surface area contributed by atoms with Crippen LogP contribution in [-0.4, -0.2) is 10.1 Å². The molecule has 1 aliphatic rings. The van der Waals surface area contributed by atoms with Crippen LogP contribution in [0.5, 0.6) is 0 Å². The molecule has 1 unspecified atom stereocenters. The molecule has 0 spiro atoms. The number of halogens is 2. The van der Waals surface area contributed by atoms with Gasteiger partial charge in [-0.3, -0.25) is 0 Å². The van der Waals surface area contributed by atoms with Gasteiger partial charge in [-0.15, -0.1) is 0 Å². The average molecular weight is 274 g/mol. The maximum absolute atomic E-state index is 13.5. The van der Waals surface area contributed by atoms with E-state index in [-0.39, 0.29) is 5.92 Å². The molecule has 1 aromatic rings. The fourth-order valence-corrected chi connectivity index (χ4v) is 2.46. The van der Waals surface area contributed by atoms with Gasteiger partial charge >= 0.3 is 0 Å². The zero-order chi connectivity index (χ0) is 10.8. The molecule has 15 heavy (non-hydrogen) atoms. The molecule has 1 atom stereocenters. The van der Waals surface area contributed by atoms with Crippen LogP contribution < -0.4 is 0 Å². The van der Waals surface area contributed by atoms with Crippen LogP contribution in [0.4, 0.5) is 4.39 Å². The second-order valence-corrected chi connectivity index (χ2v) is 4.82. The van der Waals surface area contributed by atoms with Gasteiger partial charge in [0.1, 0.15) is 4.60 Å². The fraction of sp³-hybridized carbons (Fsp3) is 0.545. The van der Waals surface area contributed by atoms with E-state index in [1.165, 1.54) is 0 Å². The Balaban J connectivity index is 2.20. The molecule has 0 aromatic carbocycles. The molecule has 1 saturated carbocycles. The summed E-state index contributed by atoms with van der Waals surface area (Å²) in [6, 6.07) is 3.27. The standard InChI is InChI=1S/C11H13BrFNO/c12-9-6-5-8(11(13)14-9)10(15)7-3-1-2-4-7/h5-7,10,15H,1-4H2. The lowest BCUT2D eigenvalue weighted by Gasteiger charge is -2.17. The van der Waals surface area contributed by atoms with Crippen molar-refractivity contribution >= 4 is 15.9 Å². The number of aromatic nitrogens is 1. The molecule has 2 nitrogen and oxygen atoms in total. The van der Waals surface area contributed by atoms with Gasteiger partial charge in [0, 0.05) is 5.56 Å². The third kappa shape index (κ3) is 2.37. The van der Waals surface area contributed by atoms with Gasteiger partial charge in [0.2, 0.25) is 5.95 Å². The summed E-state index contributed by atoms with van der Waals surface area (Å²) >= 11 is 3.10. The summed E-state index contributed by atoms with van der Waals surface area (Å²) in [4.78, 5) is 3.66. The fourth-order valence-electron chi connectivity index (χ4n) is 2.17. The van der Waals surface area contributed by atoms with Crippen molar-refractivity contribution in [3.63, 3.8) is 0 Å². The number of hydrogen-bond acceptors (Lipinski definition) is 2. The third-order valence-corrected chi connectivity index (χ3v) is 3.45. The zero-order valence-corrected chi connectivity index (χ0v) is 9.87. The van der Waals surface area contributed by atoms with Crippen LogP contribution in [0.3, 0.4) is 0 Å². The molecule has 82 valence electrons. The summed E-state index contributed by atoms with van der Waals surface area (Å²) in [7, 11) is 0. The van der Waals surface area contributed by atoms with Gasteiger partial charge < -0.3 is 5.11 Å². The van der Waals surface area contributed by atoms with Crippen molar-refractivity contribution in [2.24, 2.45) is 5.92 Å². The molecule has 0 amide bonds. The third-order valence-electron chi connectivity index (χ3n) is 3.01. The number of nitrogens with zero attached hydrogens (tertiary/aromatic N) is 1. The molecule has 4 heteroatoms. The molecule has 0 radical (unpaired) electrons. The summed E-state index contributed by atoms with van der Waals surface area (Å²) in [6.07, 6.45) is 3.53. The summed E-state index contributed by atoms with van der Waals surface area (Å²) in [5.74, 6) is -0.369. The lowest BCUT2D eigenvalue weighted by molar-refractivity contribution is 0.107. The van der Waals surface area contributed by atoms with Crippen LogP contribution in [0.1, 0.15) is 37.4 Å². The molecular weight excluding hydrogens is 261 g/mol. The number of aliphatic hydroxyl groups excluding tert-OH is 1. The zero-order valence-electron chi connectivity index (χ0n) is 8.29. The minimum Gasteiger partial charge on any atom is -0.388 e. The molecule has 1 fully saturated rings. The van der Waals surface area contributed by atoms with Crippen molar-refractivity contribution in [2.45, 2.75) is 31.8 Å². The van der Waals surface area contributed by atoms with Crippen LogP contribution >= 0.6 is 15.9 Å². The molecule has 1 aromatic heterocycles. The Kier molecular flexibility index (Phi) is 3.36. The molecule has 0 bridgehead atoms. The normalized spacial score (nSPS) is 19.4. The predicted molar refractivity (Wildman–Crippen MR) is 58.8 cm³/mol. The molecule has 1 heterocycles. The maximum Gasteiger partial charge on any atom is 0.219 e. The number of pyridine rings is 1. The number of aliphatic hydroxyl groups is 1. The van der Waals surface area contributed by atoms with E-state index < -0.39 is 12.1 Å². The molecular formula is C11H13BrFNO. The Morgan fingerprint density at radius 3 is 2.67 bits per heavy atom. The van der Waals surface area contributed by atoms with E-state index in [9.17, 15) is 9.50 Å². The van der Waals surface area contributed by atoms with Gasteiger partial charge in [-0.1, -0.05) is 12.8 Å². The van der Waals surface area contributed by atoms with E-state index in [0.717, 1.165) is 25.7 Å².